The van der Waals surface area contributed by atoms with Crippen LogP contribution in [-0.2, 0) is 4.79 Å². The standard InChI is InChI=1S/C16H25N3OS/c1-10-7-5-6-8-14(10)19-15(20)9-21-16-17-12(3)11(2)13(4)18-16/h10,14H,5-9H2,1-4H3,(H,19,20)/t10-,14-/m0/s1. The Labute approximate surface area is 131 Å². The number of carbonyl (C=O) groups excluding carboxylic acids is 1. The van der Waals surface area contributed by atoms with Gasteiger partial charge in [0.25, 0.3) is 0 Å². The highest BCUT2D eigenvalue weighted by molar-refractivity contribution is 7.99. The van der Waals surface area contributed by atoms with E-state index in [2.05, 4.69) is 22.2 Å². The molecule has 0 radical (unpaired) electrons. The largest absolute Gasteiger partial charge is 0.352 e. The van der Waals surface area contributed by atoms with Crippen molar-refractivity contribution in [1.82, 2.24) is 15.3 Å². The van der Waals surface area contributed by atoms with E-state index in [1.807, 2.05) is 20.8 Å². The van der Waals surface area contributed by atoms with Gasteiger partial charge in [-0.05, 0) is 45.1 Å². The molecule has 1 fully saturated rings. The first kappa shape index (κ1) is 16.3. The van der Waals surface area contributed by atoms with Crippen molar-refractivity contribution in [2.45, 2.75) is 64.6 Å². The van der Waals surface area contributed by atoms with E-state index in [1.165, 1.54) is 31.0 Å². The third-order valence-corrected chi connectivity index (χ3v) is 5.25. The monoisotopic (exact) mass is 307 g/mol. The topological polar surface area (TPSA) is 54.9 Å². The van der Waals surface area contributed by atoms with Gasteiger partial charge in [-0.15, -0.1) is 0 Å². The van der Waals surface area contributed by atoms with E-state index in [-0.39, 0.29) is 5.91 Å². The van der Waals surface area contributed by atoms with Gasteiger partial charge in [-0.25, -0.2) is 9.97 Å². The summed E-state index contributed by atoms with van der Waals surface area (Å²) in [5.74, 6) is 1.08. The molecule has 1 amide bonds. The molecular weight excluding hydrogens is 282 g/mol. The summed E-state index contributed by atoms with van der Waals surface area (Å²) in [5.41, 5.74) is 3.11. The van der Waals surface area contributed by atoms with E-state index in [4.69, 9.17) is 0 Å². The zero-order valence-corrected chi connectivity index (χ0v) is 14.2. The number of hydrogen-bond acceptors (Lipinski definition) is 4. The van der Waals surface area contributed by atoms with E-state index >= 15 is 0 Å². The maximum absolute atomic E-state index is 12.1. The molecule has 5 heteroatoms. The molecule has 116 valence electrons. The van der Waals surface area contributed by atoms with E-state index in [0.29, 0.717) is 22.9 Å². The number of rotatable bonds is 4. The first-order valence-electron chi connectivity index (χ1n) is 7.71. The molecule has 1 N–H and O–H groups in total. The van der Waals surface area contributed by atoms with Crippen LogP contribution in [0.3, 0.4) is 0 Å². The SMILES string of the molecule is Cc1nc(SCC(=O)N[C@H]2CCCC[C@@H]2C)nc(C)c1C. The van der Waals surface area contributed by atoms with Crippen LogP contribution in [0.4, 0.5) is 0 Å². The van der Waals surface area contributed by atoms with Gasteiger partial charge in [0.05, 0.1) is 5.75 Å². The van der Waals surface area contributed by atoms with Crippen LogP contribution >= 0.6 is 11.8 Å². The maximum Gasteiger partial charge on any atom is 0.230 e. The predicted molar refractivity (Wildman–Crippen MR) is 86.5 cm³/mol. The average molecular weight is 307 g/mol. The van der Waals surface area contributed by atoms with Crippen molar-refractivity contribution in [3.63, 3.8) is 0 Å². The summed E-state index contributed by atoms with van der Waals surface area (Å²) in [6.07, 6.45) is 4.84. The van der Waals surface area contributed by atoms with Crippen molar-refractivity contribution in [3.05, 3.63) is 17.0 Å². The Balaban J connectivity index is 1.86. The smallest absolute Gasteiger partial charge is 0.230 e. The molecule has 0 saturated heterocycles. The van der Waals surface area contributed by atoms with Crippen LogP contribution in [0.2, 0.25) is 0 Å². The fourth-order valence-corrected chi connectivity index (χ4v) is 3.46. The number of carbonyl (C=O) groups is 1. The number of thioether (sulfide) groups is 1. The minimum Gasteiger partial charge on any atom is -0.352 e. The number of nitrogens with one attached hydrogen (secondary N) is 1. The predicted octanol–water partition coefficient (Wildman–Crippen LogP) is 3.19. The van der Waals surface area contributed by atoms with Gasteiger partial charge in [-0.3, -0.25) is 4.79 Å². The first-order valence-corrected chi connectivity index (χ1v) is 8.70. The third-order valence-electron chi connectivity index (χ3n) is 4.40. The van der Waals surface area contributed by atoms with Crippen molar-refractivity contribution in [3.8, 4) is 0 Å². The maximum atomic E-state index is 12.1. The fraction of sp³-hybridized carbons (Fsp3) is 0.688. The molecular formula is C16H25N3OS. The van der Waals surface area contributed by atoms with Gasteiger partial charge in [-0.2, -0.15) is 0 Å². The third kappa shape index (κ3) is 4.43. The summed E-state index contributed by atoms with van der Waals surface area (Å²) < 4.78 is 0. The van der Waals surface area contributed by atoms with Crippen LogP contribution < -0.4 is 5.32 Å². The van der Waals surface area contributed by atoms with Crippen molar-refractivity contribution in [2.75, 3.05) is 5.75 Å². The highest BCUT2D eigenvalue weighted by atomic mass is 32.2. The molecule has 0 spiro atoms. The van der Waals surface area contributed by atoms with Crippen molar-refractivity contribution in [1.29, 1.82) is 0 Å². The summed E-state index contributed by atoms with van der Waals surface area (Å²) in [7, 11) is 0. The van der Waals surface area contributed by atoms with Gasteiger partial charge >= 0.3 is 0 Å². The van der Waals surface area contributed by atoms with Gasteiger partial charge in [0, 0.05) is 17.4 Å². The second-order valence-electron chi connectivity index (χ2n) is 6.03. The van der Waals surface area contributed by atoms with E-state index in [0.717, 1.165) is 23.4 Å². The molecule has 1 aromatic heterocycles. The van der Waals surface area contributed by atoms with E-state index in [1.54, 1.807) is 0 Å². The lowest BCUT2D eigenvalue weighted by molar-refractivity contribution is -0.119. The zero-order valence-electron chi connectivity index (χ0n) is 13.4. The summed E-state index contributed by atoms with van der Waals surface area (Å²) in [6, 6.07) is 0.342. The second-order valence-corrected chi connectivity index (χ2v) is 6.97. The van der Waals surface area contributed by atoms with Crippen LogP contribution in [0.1, 0.15) is 49.6 Å². The lowest BCUT2D eigenvalue weighted by Crippen LogP contribution is -2.41. The van der Waals surface area contributed by atoms with E-state index in [9.17, 15) is 4.79 Å². The Hall–Kier alpha value is -1.10. The van der Waals surface area contributed by atoms with Crippen LogP contribution in [0.15, 0.2) is 5.16 Å². The van der Waals surface area contributed by atoms with Gasteiger partial charge in [0.1, 0.15) is 0 Å². The summed E-state index contributed by atoms with van der Waals surface area (Å²) in [6.45, 7) is 8.22. The van der Waals surface area contributed by atoms with E-state index < -0.39 is 0 Å². The van der Waals surface area contributed by atoms with Gasteiger partial charge in [-0.1, -0.05) is 31.5 Å². The van der Waals surface area contributed by atoms with Crippen molar-refractivity contribution in [2.24, 2.45) is 5.92 Å². The molecule has 4 nitrogen and oxygen atoms in total. The molecule has 1 heterocycles. The number of amides is 1. The fourth-order valence-electron chi connectivity index (χ4n) is 2.72. The highest BCUT2D eigenvalue weighted by Crippen LogP contribution is 2.24. The van der Waals surface area contributed by atoms with Gasteiger partial charge in [0.15, 0.2) is 5.16 Å². The highest BCUT2D eigenvalue weighted by Gasteiger charge is 2.22. The van der Waals surface area contributed by atoms with Crippen LogP contribution in [0.25, 0.3) is 0 Å². The Morgan fingerprint density at radius 3 is 2.43 bits per heavy atom. The lowest BCUT2D eigenvalue weighted by atomic mass is 9.86. The molecule has 2 atom stereocenters. The molecule has 1 aromatic rings. The molecule has 1 aliphatic rings. The lowest BCUT2D eigenvalue weighted by Gasteiger charge is -2.29. The zero-order chi connectivity index (χ0) is 15.4. The molecule has 1 aliphatic carbocycles. The summed E-state index contributed by atoms with van der Waals surface area (Å²) in [5, 5.41) is 3.86. The Morgan fingerprint density at radius 2 is 1.81 bits per heavy atom. The summed E-state index contributed by atoms with van der Waals surface area (Å²) in [4.78, 5) is 21.0. The second kappa shape index (κ2) is 7.25. The number of aryl methyl sites for hydroxylation is 2. The van der Waals surface area contributed by atoms with Gasteiger partial charge in [0.2, 0.25) is 5.91 Å². The number of hydrogen-bond donors (Lipinski definition) is 1. The minimum absolute atomic E-state index is 0.0956. The molecule has 0 bridgehead atoms. The van der Waals surface area contributed by atoms with Crippen molar-refractivity contribution >= 4 is 17.7 Å². The minimum atomic E-state index is 0.0956. The van der Waals surface area contributed by atoms with Crippen LogP contribution in [-0.4, -0.2) is 27.7 Å². The Morgan fingerprint density at radius 1 is 1.19 bits per heavy atom. The average Bonchev–Trinajstić information content (AvgIpc) is 2.45. The molecule has 0 unspecified atom stereocenters. The molecule has 0 aromatic carbocycles. The van der Waals surface area contributed by atoms with Gasteiger partial charge < -0.3 is 5.32 Å². The molecule has 1 saturated carbocycles. The molecule has 0 aliphatic heterocycles. The van der Waals surface area contributed by atoms with Crippen LogP contribution in [0, 0.1) is 26.7 Å². The first-order chi connectivity index (χ1) is 9.97. The quantitative estimate of drug-likeness (QED) is 0.685. The molecule has 2 rings (SSSR count). The van der Waals surface area contributed by atoms with Crippen molar-refractivity contribution < 1.29 is 4.79 Å². The molecule has 21 heavy (non-hydrogen) atoms. The van der Waals surface area contributed by atoms with Crippen LogP contribution in [0.5, 0.6) is 0 Å². The Kier molecular flexibility index (Phi) is 5.62. The summed E-state index contributed by atoms with van der Waals surface area (Å²) >= 11 is 1.42. The normalized spacial score (nSPS) is 22.1. The number of nitrogens with zero attached hydrogens (tertiary/aromatic N) is 2. The Bertz CT molecular complexity index is 495. The number of aromatic nitrogens is 2.